The number of carbonyl (C=O) groups is 2. The first kappa shape index (κ1) is 13.4. The van der Waals surface area contributed by atoms with E-state index in [4.69, 9.17) is 0 Å². The van der Waals surface area contributed by atoms with Gasteiger partial charge in [-0.25, -0.2) is 4.79 Å². The van der Waals surface area contributed by atoms with Crippen molar-refractivity contribution in [1.82, 2.24) is 10.6 Å². The van der Waals surface area contributed by atoms with E-state index in [-0.39, 0.29) is 18.0 Å². The average molecular weight is 283 g/mol. The molecule has 5 heteroatoms. The van der Waals surface area contributed by atoms with Gasteiger partial charge < -0.3 is 16.0 Å². The molecule has 5 nitrogen and oxygen atoms in total. The van der Waals surface area contributed by atoms with Crippen molar-refractivity contribution in [3.05, 3.63) is 42.5 Å². The largest absolute Gasteiger partial charge is 0.354 e. The lowest BCUT2D eigenvalue weighted by Crippen LogP contribution is -2.48. The minimum atomic E-state index is -0.243. The fourth-order valence-corrected chi connectivity index (χ4v) is 2.53. The van der Waals surface area contributed by atoms with E-state index >= 15 is 0 Å². The SMILES string of the molecule is O=C1CC[C@@H](NC(=O)Nc2cccc3ccccc23)CN1. The molecule has 1 heterocycles. The van der Waals surface area contributed by atoms with Crippen LogP contribution in [0.5, 0.6) is 0 Å². The van der Waals surface area contributed by atoms with E-state index < -0.39 is 0 Å². The predicted molar refractivity (Wildman–Crippen MR) is 82.1 cm³/mol. The van der Waals surface area contributed by atoms with Crippen LogP contribution in [0.4, 0.5) is 10.5 Å². The number of hydrogen-bond acceptors (Lipinski definition) is 2. The third kappa shape index (κ3) is 3.13. The highest BCUT2D eigenvalue weighted by molar-refractivity contribution is 6.01. The molecule has 1 fully saturated rings. The highest BCUT2D eigenvalue weighted by Crippen LogP contribution is 2.22. The number of fused-ring (bicyclic) bond motifs is 1. The Balaban J connectivity index is 1.67. The van der Waals surface area contributed by atoms with E-state index in [1.165, 1.54) is 0 Å². The zero-order valence-electron chi connectivity index (χ0n) is 11.6. The van der Waals surface area contributed by atoms with Gasteiger partial charge in [0.2, 0.25) is 5.91 Å². The number of anilines is 1. The maximum atomic E-state index is 12.1. The molecule has 0 bridgehead atoms. The molecule has 0 spiro atoms. The summed E-state index contributed by atoms with van der Waals surface area (Å²) in [6, 6.07) is 13.4. The molecule has 3 amide bonds. The molecule has 1 aliphatic heterocycles. The highest BCUT2D eigenvalue weighted by atomic mass is 16.2. The Kier molecular flexibility index (Phi) is 3.73. The third-order valence-corrected chi connectivity index (χ3v) is 3.64. The lowest BCUT2D eigenvalue weighted by Gasteiger charge is -2.23. The van der Waals surface area contributed by atoms with E-state index in [0.29, 0.717) is 19.4 Å². The van der Waals surface area contributed by atoms with Crippen LogP contribution in [-0.2, 0) is 4.79 Å². The van der Waals surface area contributed by atoms with Crippen molar-refractivity contribution in [3.8, 4) is 0 Å². The van der Waals surface area contributed by atoms with Crippen LogP contribution in [0.15, 0.2) is 42.5 Å². The van der Waals surface area contributed by atoms with Crippen molar-refractivity contribution in [2.75, 3.05) is 11.9 Å². The van der Waals surface area contributed by atoms with Crippen LogP contribution in [0.25, 0.3) is 10.8 Å². The molecule has 1 aliphatic rings. The monoisotopic (exact) mass is 283 g/mol. The first-order valence-corrected chi connectivity index (χ1v) is 7.04. The number of benzene rings is 2. The quantitative estimate of drug-likeness (QED) is 0.791. The maximum absolute atomic E-state index is 12.1. The summed E-state index contributed by atoms with van der Waals surface area (Å²) in [6.45, 7) is 0.488. The van der Waals surface area contributed by atoms with Crippen LogP contribution in [0.1, 0.15) is 12.8 Å². The minimum absolute atomic E-state index is 0.0160. The van der Waals surface area contributed by atoms with Crippen LogP contribution in [0, 0.1) is 0 Å². The van der Waals surface area contributed by atoms with Gasteiger partial charge >= 0.3 is 6.03 Å². The Labute approximate surface area is 122 Å². The smallest absolute Gasteiger partial charge is 0.319 e. The fourth-order valence-electron chi connectivity index (χ4n) is 2.53. The molecule has 0 saturated carbocycles. The van der Waals surface area contributed by atoms with Gasteiger partial charge in [0.25, 0.3) is 0 Å². The summed E-state index contributed by atoms with van der Waals surface area (Å²) in [6.07, 6.45) is 1.13. The molecule has 3 rings (SSSR count). The van der Waals surface area contributed by atoms with Crippen molar-refractivity contribution in [1.29, 1.82) is 0 Å². The number of hydrogen-bond donors (Lipinski definition) is 3. The first-order chi connectivity index (χ1) is 10.2. The van der Waals surface area contributed by atoms with Crippen LogP contribution in [0.2, 0.25) is 0 Å². The number of amides is 3. The lowest BCUT2D eigenvalue weighted by molar-refractivity contribution is -0.122. The van der Waals surface area contributed by atoms with Gasteiger partial charge in [0, 0.05) is 24.4 Å². The van der Waals surface area contributed by atoms with Gasteiger partial charge in [0.15, 0.2) is 0 Å². The highest BCUT2D eigenvalue weighted by Gasteiger charge is 2.19. The molecule has 108 valence electrons. The van der Waals surface area contributed by atoms with E-state index in [0.717, 1.165) is 16.5 Å². The molecule has 0 radical (unpaired) electrons. The summed E-state index contributed by atoms with van der Waals surface area (Å²) in [5, 5.41) is 10.6. The standard InChI is InChI=1S/C16H17N3O2/c20-15-9-8-12(10-17-15)18-16(21)19-14-7-3-5-11-4-1-2-6-13(11)14/h1-7,12H,8-10H2,(H,17,20)(H2,18,19,21)/t12-/m1/s1. The van der Waals surface area contributed by atoms with Crippen molar-refractivity contribution in [2.45, 2.75) is 18.9 Å². The number of nitrogens with one attached hydrogen (secondary N) is 3. The Hall–Kier alpha value is -2.56. The van der Waals surface area contributed by atoms with Crippen molar-refractivity contribution < 1.29 is 9.59 Å². The van der Waals surface area contributed by atoms with Gasteiger partial charge in [0.05, 0.1) is 5.69 Å². The van der Waals surface area contributed by atoms with Crippen molar-refractivity contribution in [2.24, 2.45) is 0 Å². The van der Waals surface area contributed by atoms with E-state index in [9.17, 15) is 9.59 Å². The Morgan fingerprint density at radius 2 is 1.95 bits per heavy atom. The zero-order chi connectivity index (χ0) is 14.7. The molecule has 0 aromatic heterocycles. The Morgan fingerprint density at radius 1 is 1.14 bits per heavy atom. The van der Waals surface area contributed by atoms with Gasteiger partial charge in [-0.05, 0) is 17.9 Å². The van der Waals surface area contributed by atoms with Gasteiger partial charge in [0.1, 0.15) is 0 Å². The molecule has 1 atom stereocenters. The molecular formula is C16H17N3O2. The lowest BCUT2D eigenvalue weighted by atomic mass is 10.1. The van der Waals surface area contributed by atoms with E-state index in [1.807, 2.05) is 42.5 Å². The molecule has 3 N–H and O–H groups in total. The van der Waals surface area contributed by atoms with Crippen molar-refractivity contribution in [3.63, 3.8) is 0 Å². The molecule has 21 heavy (non-hydrogen) atoms. The maximum Gasteiger partial charge on any atom is 0.319 e. The van der Waals surface area contributed by atoms with Crippen LogP contribution in [-0.4, -0.2) is 24.5 Å². The number of urea groups is 1. The summed E-state index contributed by atoms with van der Waals surface area (Å²) in [5.74, 6) is 0.0440. The summed E-state index contributed by atoms with van der Waals surface area (Å²) >= 11 is 0. The summed E-state index contributed by atoms with van der Waals surface area (Å²) in [7, 11) is 0. The second-order valence-corrected chi connectivity index (χ2v) is 5.16. The van der Waals surface area contributed by atoms with Crippen LogP contribution < -0.4 is 16.0 Å². The molecule has 2 aromatic rings. The molecular weight excluding hydrogens is 266 g/mol. The van der Waals surface area contributed by atoms with Gasteiger partial charge in [-0.3, -0.25) is 4.79 Å². The summed E-state index contributed by atoms with van der Waals surface area (Å²) in [4.78, 5) is 23.2. The van der Waals surface area contributed by atoms with Crippen molar-refractivity contribution >= 4 is 28.4 Å². The molecule has 0 aliphatic carbocycles. The third-order valence-electron chi connectivity index (χ3n) is 3.64. The summed E-state index contributed by atoms with van der Waals surface area (Å²) < 4.78 is 0. The Bertz CT molecular complexity index is 669. The zero-order valence-corrected chi connectivity index (χ0v) is 11.6. The van der Waals surface area contributed by atoms with Crippen LogP contribution in [0.3, 0.4) is 0 Å². The number of carbonyl (C=O) groups excluding carboxylic acids is 2. The van der Waals surface area contributed by atoms with Gasteiger partial charge in [-0.1, -0.05) is 36.4 Å². The topological polar surface area (TPSA) is 70.2 Å². The molecule has 2 aromatic carbocycles. The minimum Gasteiger partial charge on any atom is -0.354 e. The Morgan fingerprint density at radius 3 is 2.76 bits per heavy atom. The number of rotatable bonds is 2. The van der Waals surface area contributed by atoms with E-state index in [1.54, 1.807) is 0 Å². The second-order valence-electron chi connectivity index (χ2n) is 5.16. The van der Waals surface area contributed by atoms with E-state index in [2.05, 4.69) is 16.0 Å². The van der Waals surface area contributed by atoms with Crippen LogP contribution >= 0.6 is 0 Å². The van der Waals surface area contributed by atoms with Gasteiger partial charge in [-0.15, -0.1) is 0 Å². The summed E-state index contributed by atoms with van der Waals surface area (Å²) in [5.41, 5.74) is 0.783. The second kappa shape index (κ2) is 5.83. The molecule has 0 unspecified atom stereocenters. The normalized spacial score (nSPS) is 18.1. The predicted octanol–water partition coefficient (Wildman–Crippen LogP) is 2.24. The average Bonchev–Trinajstić information content (AvgIpc) is 2.50. The fraction of sp³-hybridized carbons (Fsp3) is 0.250. The molecule has 1 saturated heterocycles. The van der Waals surface area contributed by atoms with Gasteiger partial charge in [-0.2, -0.15) is 0 Å². The first-order valence-electron chi connectivity index (χ1n) is 7.04. The number of piperidine rings is 1.